The molecule has 1 N–H and O–H groups in total. The fourth-order valence-corrected chi connectivity index (χ4v) is 2.07. The van der Waals surface area contributed by atoms with E-state index in [-0.39, 0.29) is 11.3 Å². The van der Waals surface area contributed by atoms with Gasteiger partial charge in [0.1, 0.15) is 5.75 Å². The van der Waals surface area contributed by atoms with Gasteiger partial charge >= 0.3 is 6.01 Å². The zero-order valence-electron chi connectivity index (χ0n) is 12.6. The van der Waals surface area contributed by atoms with Crippen LogP contribution in [0.15, 0.2) is 18.2 Å². The highest BCUT2D eigenvalue weighted by Crippen LogP contribution is 2.30. The van der Waals surface area contributed by atoms with Gasteiger partial charge in [-0.2, -0.15) is 15.0 Å². The number of benzene rings is 1. The molecule has 1 aromatic carbocycles. The topological polar surface area (TPSA) is 59.9 Å². The summed E-state index contributed by atoms with van der Waals surface area (Å²) in [5, 5.41) is 3.10. The Labute approximate surface area is 129 Å². The fourth-order valence-electron chi connectivity index (χ4n) is 1.92. The molecule has 0 atom stereocenters. The van der Waals surface area contributed by atoms with Gasteiger partial charge in [-0.25, -0.2) is 0 Å². The zero-order valence-corrected chi connectivity index (χ0v) is 13.4. The summed E-state index contributed by atoms with van der Waals surface area (Å²) in [5.74, 6) is 1.49. The molecule has 0 saturated carbocycles. The van der Waals surface area contributed by atoms with Crippen molar-refractivity contribution in [2.24, 2.45) is 0 Å². The van der Waals surface area contributed by atoms with Crippen molar-refractivity contribution in [1.82, 2.24) is 15.0 Å². The van der Waals surface area contributed by atoms with Gasteiger partial charge in [0.15, 0.2) is 0 Å². The van der Waals surface area contributed by atoms with Gasteiger partial charge in [-0.1, -0.05) is 26.0 Å². The van der Waals surface area contributed by atoms with Crippen LogP contribution in [0.3, 0.4) is 0 Å². The minimum atomic E-state index is 0.106. The van der Waals surface area contributed by atoms with Gasteiger partial charge in [-0.3, -0.25) is 0 Å². The normalized spacial score (nSPS) is 10.8. The van der Waals surface area contributed by atoms with Gasteiger partial charge in [-0.15, -0.1) is 0 Å². The number of aryl methyl sites for hydroxylation is 1. The summed E-state index contributed by atoms with van der Waals surface area (Å²) in [4.78, 5) is 12.2. The quantitative estimate of drug-likeness (QED) is 0.898. The first-order chi connectivity index (χ1) is 9.99. The van der Waals surface area contributed by atoms with E-state index in [0.717, 1.165) is 16.9 Å². The molecule has 0 radical (unpaired) electrons. The molecule has 0 saturated heterocycles. The van der Waals surface area contributed by atoms with Crippen LogP contribution >= 0.6 is 11.6 Å². The second-order valence-corrected chi connectivity index (χ2v) is 5.38. The Kier molecular flexibility index (Phi) is 4.96. The van der Waals surface area contributed by atoms with E-state index in [1.54, 1.807) is 0 Å². The maximum Gasteiger partial charge on any atom is 0.328 e. The van der Waals surface area contributed by atoms with Crippen molar-refractivity contribution in [1.29, 1.82) is 0 Å². The van der Waals surface area contributed by atoms with E-state index >= 15 is 0 Å². The zero-order chi connectivity index (χ0) is 15.4. The molecule has 6 heteroatoms. The van der Waals surface area contributed by atoms with Gasteiger partial charge in [0.25, 0.3) is 0 Å². The molecule has 5 nitrogen and oxygen atoms in total. The summed E-state index contributed by atoms with van der Waals surface area (Å²) in [5.41, 5.74) is 2.21. The molecule has 0 fully saturated rings. The third-order valence-electron chi connectivity index (χ3n) is 2.91. The SMILES string of the molecule is CCNc1nc(Cl)nc(Oc2cc(C)ccc2C(C)C)n1. The van der Waals surface area contributed by atoms with Gasteiger partial charge in [0.2, 0.25) is 11.2 Å². The predicted molar refractivity (Wildman–Crippen MR) is 84.3 cm³/mol. The van der Waals surface area contributed by atoms with E-state index in [0.29, 0.717) is 18.4 Å². The predicted octanol–water partition coefficient (Wildman–Crippen LogP) is 4.18. The highest BCUT2D eigenvalue weighted by molar-refractivity contribution is 6.28. The van der Waals surface area contributed by atoms with E-state index in [4.69, 9.17) is 16.3 Å². The molecule has 1 aromatic heterocycles. The largest absolute Gasteiger partial charge is 0.424 e. The number of nitrogens with one attached hydrogen (secondary N) is 1. The number of anilines is 1. The lowest BCUT2D eigenvalue weighted by molar-refractivity contribution is 0.432. The summed E-state index contributed by atoms with van der Waals surface area (Å²) >= 11 is 5.90. The smallest absolute Gasteiger partial charge is 0.328 e. The Morgan fingerprint density at radius 2 is 2.00 bits per heavy atom. The van der Waals surface area contributed by atoms with Crippen LogP contribution in [-0.2, 0) is 0 Å². The molecule has 0 aliphatic rings. The summed E-state index contributed by atoms with van der Waals surface area (Å²) in [6.45, 7) is 8.89. The average Bonchev–Trinajstić information content (AvgIpc) is 2.38. The average molecular weight is 307 g/mol. The molecule has 2 aromatic rings. The third-order valence-corrected chi connectivity index (χ3v) is 3.08. The number of nitrogens with zero attached hydrogens (tertiary/aromatic N) is 3. The summed E-state index contributed by atoms with van der Waals surface area (Å²) in [7, 11) is 0. The van der Waals surface area contributed by atoms with E-state index in [1.165, 1.54) is 0 Å². The number of hydrogen-bond donors (Lipinski definition) is 1. The molecule has 0 aliphatic heterocycles. The van der Waals surface area contributed by atoms with Crippen molar-refractivity contribution in [2.45, 2.75) is 33.6 Å². The van der Waals surface area contributed by atoms with Crippen LogP contribution in [-0.4, -0.2) is 21.5 Å². The van der Waals surface area contributed by atoms with Crippen molar-refractivity contribution in [3.05, 3.63) is 34.6 Å². The molecule has 0 bridgehead atoms. The minimum Gasteiger partial charge on any atom is -0.424 e. The number of halogens is 1. The van der Waals surface area contributed by atoms with Gasteiger partial charge in [-0.05, 0) is 48.6 Å². The van der Waals surface area contributed by atoms with Crippen molar-refractivity contribution in [3.8, 4) is 11.8 Å². The maximum atomic E-state index is 5.90. The van der Waals surface area contributed by atoms with Crippen LogP contribution in [0.5, 0.6) is 11.8 Å². The fraction of sp³-hybridized carbons (Fsp3) is 0.400. The standard InChI is InChI=1S/C15H19ClN4O/c1-5-17-14-18-13(16)19-15(20-14)21-12-8-10(4)6-7-11(12)9(2)3/h6-9H,5H2,1-4H3,(H,17,18,19,20). The van der Waals surface area contributed by atoms with Crippen LogP contribution in [0.4, 0.5) is 5.95 Å². The van der Waals surface area contributed by atoms with Crippen molar-refractivity contribution in [3.63, 3.8) is 0 Å². The number of aromatic nitrogens is 3. The Morgan fingerprint density at radius 1 is 1.24 bits per heavy atom. The monoisotopic (exact) mass is 306 g/mol. The van der Waals surface area contributed by atoms with Crippen LogP contribution in [0.2, 0.25) is 5.28 Å². The molecular weight excluding hydrogens is 288 g/mol. The van der Waals surface area contributed by atoms with Crippen LogP contribution in [0, 0.1) is 6.92 Å². The lowest BCUT2D eigenvalue weighted by atomic mass is 10.0. The Bertz CT molecular complexity index is 631. The lowest BCUT2D eigenvalue weighted by Crippen LogP contribution is -2.05. The minimum absolute atomic E-state index is 0.106. The molecule has 0 spiro atoms. The summed E-state index contributed by atoms with van der Waals surface area (Å²) in [6, 6.07) is 6.29. The molecule has 0 amide bonds. The van der Waals surface area contributed by atoms with Crippen LogP contribution in [0.1, 0.15) is 37.8 Å². The second kappa shape index (κ2) is 6.72. The van der Waals surface area contributed by atoms with Crippen molar-refractivity contribution in [2.75, 3.05) is 11.9 Å². The van der Waals surface area contributed by atoms with E-state index in [9.17, 15) is 0 Å². The first kappa shape index (κ1) is 15.5. The first-order valence-electron chi connectivity index (χ1n) is 6.93. The molecule has 2 rings (SSSR count). The number of hydrogen-bond acceptors (Lipinski definition) is 5. The summed E-state index contributed by atoms with van der Waals surface area (Å²) < 4.78 is 5.83. The van der Waals surface area contributed by atoms with E-state index in [2.05, 4.69) is 46.2 Å². The van der Waals surface area contributed by atoms with Crippen molar-refractivity contribution < 1.29 is 4.74 Å². The molecule has 21 heavy (non-hydrogen) atoms. The van der Waals surface area contributed by atoms with E-state index < -0.39 is 0 Å². The van der Waals surface area contributed by atoms with Gasteiger partial charge in [0, 0.05) is 6.54 Å². The lowest BCUT2D eigenvalue weighted by Gasteiger charge is -2.13. The van der Waals surface area contributed by atoms with Gasteiger partial charge < -0.3 is 10.1 Å². The molecule has 0 aliphatic carbocycles. The number of ether oxygens (including phenoxy) is 1. The molecular formula is C15H19ClN4O. The summed E-state index contributed by atoms with van der Waals surface area (Å²) in [6.07, 6.45) is 0. The Morgan fingerprint density at radius 3 is 2.67 bits per heavy atom. The van der Waals surface area contributed by atoms with E-state index in [1.807, 2.05) is 19.9 Å². The second-order valence-electron chi connectivity index (χ2n) is 5.04. The van der Waals surface area contributed by atoms with Crippen molar-refractivity contribution >= 4 is 17.5 Å². The molecule has 0 unspecified atom stereocenters. The Hall–Kier alpha value is -1.88. The van der Waals surface area contributed by atoms with Gasteiger partial charge in [0.05, 0.1) is 0 Å². The maximum absolute atomic E-state index is 5.90. The van der Waals surface area contributed by atoms with Crippen LogP contribution < -0.4 is 10.1 Å². The molecule has 112 valence electrons. The van der Waals surface area contributed by atoms with Crippen LogP contribution in [0.25, 0.3) is 0 Å². The third kappa shape index (κ3) is 4.04. The molecule has 1 heterocycles. The first-order valence-corrected chi connectivity index (χ1v) is 7.31. The highest BCUT2D eigenvalue weighted by atomic mass is 35.5. The highest BCUT2D eigenvalue weighted by Gasteiger charge is 2.12. The number of rotatable bonds is 5. The Balaban J connectivity index is 2.35.